The monoisotopic (exact) mass is 134 g/mol. The quantitative estimate of drug-likeness (QED) is 0.489. The molecule has 1 aliphatic rings. The van der Waals surface area contributed by atoms with Crippen LogP contribution in [0, 0.1) is 0 Å². The van der Waals surface area contributed by atoms with Gasteiger partial charge in [-0.25, -0.2) is 4.39 Å². The molecule has 48 valence electrons. The Kier molecular flexibility index (Phi) is 1.52. The van der Waals surface area contributed by atoms with E-state index < -0.39 is 5.67 Å². The van der Waals surface area contributed by atoms with E-state index in [9.17, 15) is 4.39 Å². The third-order valence-electron chi connectivity index (χ3n) is 1.38. The molecule has 2 unspecified atom stereocenters. The van der Waals surface area contributed by atoms with E-state index in [2.05, 4.69) is 6.92 Å². The summed E-state index contributed by atoms with van der Waals surface area (Å²) in [5, 5.41) is 0.532. The summed E-state index contributed by atoms with van der Waals surface area (Å²) < 4.78 is 12.8. The highest BCUT2D eigenvalue weighted by atomic mass is 32.2. The first kappa shape index (κ1) is 6.40. The van der Waals surface area contributed by atoms with Crippen LogP contribution in [-0.2, 0) is 0 Å². The molecule has 0 aliphatic carbocycles. The second-order valence-electron chi connectivity index (χ2n) is 2.74. The summed E-state index contributed by atoms with van der Waals surface area (Å²) in [6, 6.07) is 0. The molecule has 0 amide bonds. The molecule has 0 saturated carbocycles. The number of halogens is 1. The number of hydrogen-bond acceptors (Lipinski definition) is 1. The highest BCUT2D eigenvalue weighted by Crippen LogP contribution is 2.36. The first-order valence-corrected chi connectivity index (χ1v) is 3.95. The van der Waals surface area contributed by atoms with Crippen molar-refractivity contribution in [1.82, 2.24) is 0 Å². The predicted molar refractivity (Wildman–Crippen MR) is 36.0 cm³/mol. The van der Waals surface area contributed by atoms with Crippen molar-refractivity contribution in [2.45, 2.75) is 31.2 Å². The zero-order chi connectivity index (χ0) is 6.20. The van der Waals surface area contributed by atoms with Gasteiger partial charge in [-0.1, -0.05) is 6.92 Å². The molecule has 1 saturated heterocycles. The zero-order valence-electron chi connectivity index (χ0n) is 5.28. The lowest BCUT2D eigenvalue weighted by Crippen LogP contribution is -2.16. The third kappa shape index (κ3) is 1.38. The molecule has 2 atom stereocenters. The Balaban J connectivity index is 2.44. The summed E-state index contributed by atoms with van der Waals surface area (Å²) in [4.78, 5) is 0. The highest BCUT2D eigenvalue weighted by Gasteiger charge is 2.32. The summed E-state index contributed by atoms with van der Waals surface area (Å²) in [6.45, 7) is 3.76. The lowest BCUT2D eigenvalue weighted by molar-refractivity contribution is 0.219. The lowest BCUT2D eigenvalue weighted by Gasteiger charge is -2.08. The molecule has 2 heteroatoms. The van der Waals surface area contributed by atoms with Gasteiger partial charge in [-0.2, -0.15) is 11.8 Å². The largest absolute Gasteiger partial charge is 0.243 e. The van der Waals surface area contributed by atoms with Crippen molar-refractivity contribution in [3.8, 4) is 0 Å². The number of alkyl halides is 1. The van der Waals surface area contributed by atoms with E-state index in [1.165, 1.54) is 0 Å². The zero-order valence-corrected chi connectivity index (χ0v) is 6.09. The van der Waals surface area contributed by atoms with Crippen LogP contribution in [0.25, 0.3) is 0 Å². The first-order valence-electron chi connectivity index (χ1n) is 2.91. The first-order chi connectivity index (χ1) is 3.60. The van der Waals surface area contributed by atoms with Crippen molar-refractivity contribution < 1.29 is 4.39 Å². The van der Waals surface area contributed by atoms with Gasteiger partial charge in [0.2, 0.25) is 0 Å². The third-order valence-corrected chi connectivity index (χ3v) is 2.89. The molecule has 1 heterocycles. The van der Waals surface area contributed by atoms with E-state index in [-0.39, 0.29) is 0 Å². The van der Waals surface area contributed by atoms with Gasteiger partial charge < -0.3 is 0 Å². The van der Waals surface area contributed by atoms with Crippen LogP contribution in [-0.4, -0.2) is 16.7 Å². The SMILES string of the molecule is CC1CC(C)(F)CS1. The fraction of sp³-hybridized carbons (Fsp3) is 1.00. The molecule has 8 heavy (non-hydrogen) atoms. The maximum atomic E-state index is 12.8. The van der Waals surface area contributed by atoms with Gasteiger partial charge in [0.05, 0.1) is 0 Å². The lowest BCUT2D eigenvalue weighted by atomic mass is 10.1. The number of rotatable bonds is 0. The van der Waals surface area contributed by atoms with Crippen LogP contribution in [0.15, 0.2) is 0 Å². The highest BCUT2D eigenvalue weighted by molar-refractivity contribution is 8.00. The second kappa shape index (κ2) is 1.90. The summed E-state index contributed by atoms with van der Waals surface area (Å²) in [5.41, 5.74) is -0.871. The molecule has 0 N–H and O–H groups in total. The summed E-state index contributed by atoms with van der Waals surface area (Å²) in [6.07, 6.45) is 0.734. The minimum Gasteiger partial charge on any atom is -0.243 e. The van der Waals surface area contributed by atoms with Crippen LogP contribution >= 0.6 is 11.8 Å². The molecule has 0 spiro atoms. The number of thioether (sulfide) groups is 1. The van der Waals surface area contributed by atoms with Crippen molar-refractivity contribution in [3.63, 3.8) is 0 Å². The Labute approximate surface area is 53.8 Å². The Bertz CT molecular complexity index is 90.5. The fourth-order valence-corrected chi connectivity index (χ4v) is 2.25. The standard InChI is InChI=1S/C6H11FS/c1-5-3-6(2,7)4-8-5/h5H,3-4H2,1-2H3. The maximum Gasteiger partial charge on any atom is 0.118 e. The van der Waals surface area contributed by atoms with Crippen LogP contribution in [0.5, 0.6) is 0 Å². The molecular formula is C6H11FS. The van der Waals surface area contributed by atoms with E-state index >= 15 is 0 Å². The fourth-order valence-electron chi connectivity index (χ4n) is 1.03. The van der Waals surface area contributed by atoms with E-state index in [0.717, 1.165) is 6.42 Å². The predicted octanol–water partition coefficient (Wildman–Crippen LogP) is 2.24. The van der Waals surface area contributed by atoms with E-state index in [0.29, 0.717) is 11.0 Å². The van der Waals surface area contributed by atoms with Crippen LogP contribution in [0.1, 0.15) is 20.3 Å². The average Bonchev–Trinajstić information content (AvgIpc) is 1.82. The van der Waals surface area contributed by atoms with Gasteiger partial charge in [-0.15, -0.1) is 0 Å². The molecule has 1 aliphatic heterocycles. The Hall–Kier alpha value is 0.280. The van der Waals surface area contributed by atoms with E-state index in [1.807, 2.05) is 0 Å². The van der Waals surface area contributed by atoms with Gasteiger partial charge in [-0.05, 0) is 13.3 Å². The Morgan fingerprint density at radius 1 is 1.75 bits per heavy atom. The van der Waals surface area contributed by atoms with Crippen LogP contribution < -0.4 is 0 Å². The van der Waals surface area contributed by atoms with Crippen molar-refractivity contribution in [2.24, 2.45) is 0 Å². The smallest absolute Gasteiger partial charge is 0.118 e. The molecule has 0 radical (unpaired) electrons. The molecule has 0 aromatic heterocycles. The van der Waals surface area contributed by atoms with Crippen LogP contribution in [0.4, 0.5) is 4.39 Å². The van der Waals surface area contributed by atoms with Crippen molar-refractivity contribution in [3.05, 3.63) is 0 Å². The van der Waals surface area contributed by atoms with Gasteiger partial charge in [0, 0.05) is 11.0 Å². The van der Waals surface area contributed by atoms with E-state index in [4.69, 9.17) is 0 Å². The van der Waals surface area contributed by atoms with Crippen molar-refractivity contribution >= 4 is 11.8 Å². The van der Waals surface area contributed by atoms with Crippen molar-refractivity contribution in [2.75, 3.05) is 5.75 Å². The van der Waals surface area contributed by atoms with E-state index in [1.54, 1.807) is 18.7 Å². The molecule has 0 aromatic carbocycles. The molecule has 0 aromatic rings. The van der Waals surface area contributed by atoms with Gasteiger partial charge in [0.25, 0.3) is 0 Å². The topological polar surface area (TPSA) is 0 Å². The summed E-state index contributed by atoms with van der Waals surface area (Å²) in [5.74, 6) is 0.689. The normalized spacial score (nSPS) is 47.6. The van der Waals surface area contributed by atoms with Gasteiger partial charge >= 0.3 is 0 Å². The van der Waals surface area contributed by atoms with Crippen LogP contribution in [0.3, 0.4) is 0 Å². The molecule has 0 bridgehead atoms. The molecule has 0 nitrogen and oxygen atoms in total. The van der Waals surface area contributed by atoms with Gasteiger partial charge in [0.1, 0.15) is 5.67 Å². The molecule has 1 fully saturated rings. The van der Waals surface area contributed by atoms with Gasteiger partial charge in [-0.3, -0.25) is 0 Å². The summed E-state index contributed by atoms with van der Waals surface area (Å²) >= 11 is 1.73. The maximum absolute atomic E-state index is 12.8. The number of hydrogen-bond donors (Lipinski definition) is 0. The Morgan fingerprint density at radius 2 is 2.38 bits per heavy atom. The van der Waals surface area contributed by atoms with Crippen LogP contribution in [0.2, 0.25) is 0 Å². The Morgan fingerprint density at radius 3 is 2.50 bits per heavy atom. The average molecular weight is 134 g/mol. The minimum atomic E-state index is -0.871. The molecular weight excluding hydrogens is 123 g/mol. The molecule has 1 rings (SSSR count). The minimum absolute atomic E-state index is 0.532. The van der Waals surface area contributed by atoms with Gasteiger partial charge in [0.15, 0.2) is 0 Å². The van der Waals surface area contributed by atoms with Crippen molar-refractivity contribution in [1.29, 1.82) is 0 Å². The summed E-state index contributed by atoms with van der Waals surface area (Å²) in [7, 11) is 0. The second-order valence-corrected chi connectivity index (χ2v) is 4.17.